The number of carbonyl (C=O) groups is 1. The third-order valence-corrected chi connectivity index (χ3v) is 1.59. The zero-order valence-corrected chi connectivity index (χ0v) is 9.50. The van der Waals surface area contributed by atoms with Crippen molar-refractivity contribution in [1.82, 2.24) is 0 Å². The second-order valence-electron chi connectivity index (χ2n) is 2.97. The number of aromatic carboxylic acids is 1. The predicted molar refractivity (Wildman–Crippen MR) is 66.3 cm³/mol. The summed E-state index contributed by atoms with van der Waals surface area (Å²) < 4.78 is 4.90. The Morgan fingerprint density at radius 1 is 1.18 bits per heavy atom. The third kappa shape index (κ3) is 7.81. The molecule has 0 unspecified atom stereocenters. The molecule has 92 valence electrons. The van der Waals surface area contributed by atoms with Gasteiger partial charge < -0.3 is 14.9 Å². The van der Waals surface area contributed by atoms with Gasteiger partial charge in [0.25, 0.3) is 0 Å². The topological polar surface area (TPSA) is 66.8 Å². The standard InChI is InChI=1S/C7H6O3.C6H10O/c8-6-3-1-5(2-4-6)7(9)10;1-3-5-7-6-4-2/h1-4,8H,(H,9,10);3-4H,1-2,5-6H2. The molecule has 0 saturated carbocycles. The molecule has 2 N–H and O–H groups in total. The van der Waals surface area contributed by atoms with E-state index in [9.17, 15) is 4.79 Å². The Balaban J connectivity index is 0.000000325. The fourth-order valence-electron chi connectivity index (χ4n) is 0.839. The van der Waals surface area contributed by atoms with Crippen LogP contribution in [0.4, 0.5) is 0 Å². The van der Waals surface area contributed by atoms with Crippen molar-refractivity contribution >= 4 is 5.97 Å². The summed E-state index contributed by atoms with van der Waals surface area (Å²) in [4.78, 5) is 10.2. The van der Waals surface area contributed by atoms with E-state index in [0.29, 0.717) is 13.2 Å². The van der Waals surface area contributed by atoms with Crippen molar-refractivity contribution in [3.8, 4) is 5.75 Å². The highest BCUT2D eigenvalue weighted by Crippen LogP contribution is 2.08. The van der Waals surface area contributed by atoms with Gasteiger partial charge in [-0.15, -0.1) is 13.2 Å². The molecule has 17 heavy (non-hydrogen) atoms. The van der Waals surface area contributed by atoms with Gasteiger partial charge in [-0.1, -0.05) is 12.2 Å². The molecular formula is C13H16O4. The van der Waals surface area contributed by atoms with E-state index in [0.717, 1.165) is 0 Å². The number of carboxylic acids is 1. The van der Waals surface area contributed by atoms with Gasteiger partial charge in [0, 0.05) is 0 Å². The number of phenols is 1. The van der Waals surface area contributed by atoms with E-state index >= 15 is 0 Å². The Morgan fingerprint density at radius 2 is 1.65 bits per heavy atom. The van der Waals surface area contributed by atoms with E-state index in [1.54, 1.807) is 12.2 Å². The van der Waals surface area contributed by atoms with Gasteiger partial charge in [-0.3, -0.25) is 0 Å². The number of hydrogen-bond acceptors (Lipinski definition) is 3. The average molecular weight is 236 g/mol. The molecule has 0 saturated heterocycles. The first-order valence-corrected chi connectivity index (χ1v) is 4.93. The van der Waals surface area contributed by atoms with Gasteiger partial charge in [0.15, 0.2) is 0 Å². The lowest BCUT2D eigenvalue weighted by Crippen LogP contribution is -1.93. The molecule has 0 radical (unpaired) electrons. The zero-order valence-electron chi connectivity index (χ0n) is 9.50. The molecule has 0 heterocycles. The molecule has 1 rings (SSSR count). The molecule has 0 aliphatic heterocycles. The molecule has 0 bridgehead atoms. The maximum Gasteiger partial charge on any atom is 0.335 e. The normalized spacial score (nSPS) is 8.71. The molecule has 0 aromatic heterocycles. The van der Waals surface area contributed by atoms with Crippen molar-refractivity contribution < 1.29 is 19.7 Å². The lowest BCUT2D eigenvalue weighted by molar-refractivity contribution is 0.0697. The van der Waals surface area contributed by atoms with E-state index in [-0.39, 0.29) is 11.3 Å². The van der Waals surface area contributed by atoms with Gasteiger partial charge in [0.1, 0.15) is 5.75 Å². The molecule has 4 nitrogen and oxygen atoms in total. The largest absolute Gasteiger partial charge is 0.508 e. The molecular weight excluding hydrogens is 220 g/mol. The smallest absolute Gasteiger partial charge is 0.335 e. The summed E-state index contributed by atoms with van der Waals surface area (Å²) in [5, 5.41) is 17.1. The summed E-state index contributed by atoms with van der Waals surface area (Å²) in [6.45, 7) is 8.18. The van der Waals surface area contributed by atoms with E-state index in [2.05, 4.69) is 13.2 Å². The van der Waals surface area contributed by atoms with Crippen molar-refractivity contribution in [2.75, 3.05) is 13.2 Å². The van der Waals surface area contributed by atoms with Gasteiger partial charge in [-0.05, 0) is 24.3 Å². The highest BCUT2D eigenvalue weighted by Gasteiger charge is 1.99. The summed E-state index contributed by atoms with van der Waals surface area (Å²) in [7, 11) is 0. The minimum absolute atomic E-state index is 0.0741. The highest BCUT2D eigenvalue weighted by molar-refractivity contribution is 5.87. The Morgan fingerprint density at radius 3 is 2.00 bits per heavy atom. The van der Waals surface area contributed by atoms with Crippen LogP contribution in [-0.2, 0) is 4.74 Å². The maximum atomic E-state index is 10.2. The number of rotatable bonds is 5. The molecule has 0 aliphatic carbocycles. The number of ether oxygens (including phenoxy) is 1. The predicted octanol–water partition coefficient (Wildman–Crippen LogP) is 2.47. The minimum Gasteiger partial charge on any atom is -0.508 e. The van der Waals surface area contributed by atoms with E-state index in [4.69, 9.17) is 14.9 Å². The van der Waals surface area contributed by atoms with Crippen LogP contribution in [-0.4, -0.2) is 29.4 Å². The number of aromatic hydroxyl groups is 1. The quantitative estimate of drug-likeness (QED) is 0.608. The van der Waals surface area contributed by atoms with Crippen LogP contribution in [0, 0.1) is 0 Å². The first kappa shape index (κ1) is 14.9. The first-order valence-electron chi connectivity index (χ1n) is 4.93. The second kappa shape index (κ2) is 9.18. The number of hydrogen-bond donors (Lipinski definition) is 2. The number of benzene rings is 1. The molecule has 0 amide bonds. The van der Waals surface area contributed by atoms with Gasteiger partial charge in [-0.2, -0.15) is 0 Å². The van der Waals surface area contributed by atoms with E-state index in [1.807, 2.05) is 0 Å². The monoisotopic (exact) mass is 236 g/mol. The van der Waals surface area contributed by atoms with Crippen LogP contribution in [0.1, 0.15) is 10.4 Å². The molecule has 0 aliphatic rings. The van der Waals surface area contributed by atoms with Crippen LogP contribution < -0.4 is 0 Å². The minimum atomic E-state index is -0.986. The number of carboxylic acid groups (broad SMARTS) is 1. The fraction of sp³-hybridized carbons (Fsp3) is 0.154. The van der Waals surface area contributed by atoms with Gasteiger partial charge in [0.05, 0.1) is 18.8 Å². The molecule has 0 fully saturated rings. The van der Waals surface area contributed by atoms with Crippen LogP contribution in [0.15, 0.2) is 49.6 Å². The van der Waals surface area contributed by atoms with Crippen molar-refractivity contribution in [1.29, 1.82) is 0 Å². The summed E-state index contributed by atoms with van der Waals surface area (Å²) in [6, 6.07) is 5.36. The summed E-state index contributed by atoms with van der Waals surface area (Å²) in [5.41, 5.74) is 0.179. The highest BCUT2D eigenvalue weighted by atomic mass is 16.5. The van der Waals surface area contributed by atoms with Crippen molar-refractivity contribution in [3.05, 3.63) is 55.1 Å². The average Bonchev–Trinajstić information content (AvgIpc) is 2.31. The molecule has 1 aromatic carbocycles. The molecule has 4 heteroatoms. The third-order valence-electron chi connectivity index (χ3n) is 1.59. The summed E-state index contributed by atoms with van der Waals surface area (Å²) in [6.07, 6.45) is 3.42. The summed E-state index contributed by atoms with van der Waals surface area (Å²) >= 11 is 0. The molecule has 0 atom stereocenters. The van der Waals surface area contributed by atoms with Crippen LogP contribution in [0.25, 0.3) is 0 Å². The van der Waals surface area contributed by atoms with Crippen molar-refractivity contribution in [2.45, 2.75) is 0 Å². The summed E-state index contributed by atoms with van der Waals surface area (Å²) in [5.74, 6) is -0.912. The first-order chi connectivity index (χ1) is 8.11. The lowest BCUT2D eigenvalue weighted by atomic mass is 10.2. The maximum absolute atomic E-state index is 10.2. The zero-order chi connectivity index (χ0) is 13.1. The Hall–Kier alpha value is -2.07. The van der Waals surface area contributed by atoms with Crippen molar-refractivity contribution in [2.24, 2.45) is 0 Å². The second-order valence-corrected chi connectivity index (χ2v) is 2.97. The van der Waals surface area contributed by atoms with E-state index < -0.39 is 5.97 Å². The van der Waals surface area contributed by atoms with Crippen LogP contribution in [0.3, 0.4) is 0 Å². The van der Waals surface area contributed by atoms with Crippen molar-refractivity contribution in [3.63, 3.8) is 0 Å². The van der Waals surface area contributed by atoms with Crippen LogP contribution in [0.2, 0.25) is 0 Å². The molecule has 0 spiro atoms. The Bertz CT molecular complexity index is 346. The fourth-order valence-corrected chi connectivity index (χ4v) is 0.839. The molecule has 1 aromatic rings. The van der Waals surface area contributed by atoms with E-state index in [1.165, 1.54) is 24.3 Å². The Labute approximate surface area is 100 Å². The van der Waals surface area contributed by atoms with Gasteiger partial charge >= 0.3 is 5.97 Å². The Kier molecular flexibility index (Phi) is 8.06. The number of phenolic OH excluding ortho intramolecular Hbond substituents is 1. The van der Waals surface area contributed by atoms with Crippen LogP contribution >= 0.6 is 0 Å². The van der Waals surface area contributed by atoms with Gasteiger partial charge in [-0.25, -0.2) is 4.79 Å². The van der Waals surface area contributed by atoms with Crippen LogP contribution in [0.5, 0.6) is 5.75 Å². The lowest BCUT2D eigenvalue weighted by Gasteiger charge is -1.92. The SMILES string of the molecule is C=CCOCC=C.O=C(O)c1ccc(O)cc1. The van der Waals surface area contributed by atoms with Gasteiger partial charge in [0.2, 0.25) is 0 Å².